The van der Waals surface area contributed by atoms with Crippen molar-refractivity contribution in [3.63, 3.8) is 0 Å². The number of rotatable bonds is 4. The van der Waals surface area contributed by atoms with E-state index in [1.165, 1.54) is 7.11 Å². The van der Waals surface area contributed by atoms with E-state index in [0.717, 1.165) is 5.75 Å². The van der Waals surface area contributed by atoms with Crippen LogP contribution in [0.1, 0.15) is 0 Å². The van der Waals surface area contributed by atoms with Gasteiger partial charge in [0.2, 0.25) is 0 Å². The molecule has 0 aliphatic carbocycles. The Morgan fingerprint density at radius 1 is 1.27 bits per heavy atom. The third-order valence-electron chi connectivity index (χ3n) is 1.72. The van der Waals surface area contributed by atoms with Gasteiger partial charge in [-0.05, 0) is 24.3 Å². The number of ether oxygens (including phenoxy) is 2. The van der Waals surface area contributed by atoms with Crippen molar-refractivity contribution in [1.82, 2.24) is 5.32 Å². The molecule has 0 aliphatic rings. The van der Waals surface area contributed by atoms with Crippen molar-refractivity contribution in [2.75, 3.05) is 26.3 Å². The van der Waals surface area contributed by atoms with Gasteiger partial charge in [-0.1, -0.05) is 0 Å². The van der Waals surface area contributed by atoms with Gasteiger partial charge in [0.15, 0.2) is 0 Å². The van der Waals surface area contributed by atoms with Crippen molar-refractivity contribution < 1.29 is 14.3 Å². The Morgan fingerprint density at radius 2 is 1.93 bits per heavy atom. The average Bonchev–Trinajstić information content (AvgIpc) is 2.27. The van der Waals surface area contributed by atoms with Crippen molar-refractivity contribution in [3.05, 3.63) is 24.3 Å². The molecule has 0 fully saturated rings. The number of benzene rings is 1. The molecule has 1 rings (SSSR count). The summed E-state index contributed by atoms with van der Waals surface area (Å²) in [6.45, 7) is 0.183. The molecule has 82 valence electrons. The molecular formula is C10H14N2O3. The van der Waals surface area contributed by atoms with Gasteiger partial charge in [0.05, 0.1) is 7.11 Å². The predicted molar refractivity (Wildman–Crippen MR) is 57.0 cm³/mol. The largest absolute Gasteiger partial charge is 0.497 e. The number of nitrogens with one attached hydrogen (secondary N) is 2. The Kier molecular flexibility index (Phi) is 4.43. The molecule has 0 atom stereocenters. The number of hydrogen-bond acceptors (Lipinski definition) is 3. The number of methoxy groups -OCH3 is 2. The molecule has 0 bridgehead atoms. The van der Waals surface area contributed by atoms with Crippen LogP contribution in [0.3, 0.4) is 0 Å². The summed E-state index contributed by atoms with van der Waals surface area (Å²) in [5.41, 5.74) is 0.699. The maximum Gasteiger partial charge on any atom is 0.321 e. The lowest BCUT2D eigenvalue weighted by Gasteiger charge is -2.07. The monoisotopic (exact) mass is 210 g/mol. The number of anilines is 1. The molecule has 5 nitrogen and oxygen atoms in total. The Hall–Kier alpha value is -1.75. The summed E-state index contributed by atoms with van der Waals surface area (Å²) in [5, 5.41) is 5.15. The van der Waals surface area contributed by atoms with Crippen molar-refractivity contribution in [3.8, 4) is 5.75 Å². The number of urea groups is 1. The fourth-order valence-corrected chi connectivity index (χ4v) is 0.987. The van der Waals surface area contributed by atoms with Gasteiger partial charge >= 0.3 is 6.03 Å². The van der Waals surface area contributed by atoms with E-state index < -0.39 is 0 Å². The molecule has 0 spiro atoms. The normalized spacial score (nSPS) is 9.47. The van der Waals surface area contributed by atoms with Crippen LogP contribution in [0, 0.1) is 0 Å². The summed E-state index contributed by atoms with van der Waals surface area (Å²) < 4.78 is 9.69. The fourth-order valence-electron chi connectivity index (χ4n) is 0.987. The first-order chi connectivity index (χ1) is 7.26. The SMILES string of the molecule is COCNC(=O)Nc1ccc(OC)cc1. The van der Waals surface area contributed by atoms with E-state index >= 15 is 0 Å². The maximum absolute atomic E-state index is 11.2. The fraction of sp³-hybridized carbons (Fsp3) is 0.300. The molecule has 1 aromatic carbocycles. The highest BCUT2D eigenvalue weighted by Gasteiger charge is 1.99. The zero-order valence-corrected chi connectivity index (χ0v) is 8.74. The van der Waals surface area contributed by atoms with Gasteiger partial charge in [0, 0.05) is 12.8 Å². The smallest absolute Gasteiger partial charge is 0.321 e. The first kappa shape index (κ1) is 11.3. The minimum absolute atomic E-state index is 0.183. The van der Waals surface area contributed by atoms with E-state index in [1.807, 2.05) is 0 Å². The molecule has 0 saturated carbocycles. The first-order valence-electron chi connectivity index (χ1n) is 4.44. The zero-order valence-electron chi connectivity index (χ0n) is 8.74. The molecule has 0 aromatic heterocycles. The molecule has 2 amide bonds. The van der Waals surface area contributed by atoms with Crippen LogP contribution in [0.25, 0.3) is 0 Å². The lowest BCUT2D eigenvalue weighted by Crippen LogP contribution is -2.30. The van der Waals surface area contributed by atoms with Gasteiger partial charge in [-0.2, -0.15) is 0 Å². The minimum Gasteiger partial charge on any atom is -0.497 e. The number of hydrogen-bond donors (Lipinski definition) is 2. The second kappa shape index (κ2) is 5.87. The quantitative estimate of drug-likeness (QED) is 0.739. The molecule has 0 saturated heterocycles. The Bertz CT molecular complexity index is 311. The van der Waals surface area contributed by atoms with Crippen LogP contribution in [-0.2, 0) is 4.74 Å². The van der Waals surface area contributed by atoms with E-state index in [1.54, 1.807) is 31.4 Å². The molecular weight excluding hydrogens is 196 g/mol. The first-order valence-corrected chi connectivity index (χ1v) is 4.44. The van der Waals surface area contributed by atoms with E-state index in [4.69, 9.17) is 9.47 Å². The Morgan fingerprint density at radius 3 is 2.47 bits per heavy atom. The summed E-state index contributed by atoms with van der Waals surface area (Å²) in [6.07, 6.45) is 0. The van der Waals surface area contributed by atoms with Crippen LogP contribution < -0.4 is 15.4 Å². The Balaban J connectivity index is 2.46. The van der Waals surface area contributed by atoms with Gasteiger partial charge in [-0.15, -0.1) is 0 Å². The van der Waals surface area contributed by atoms with Crippen LogP contribution in [0.5, 0.6) is 5.75 Å². The van der Waals surface area contributed by atoms with Crippen molar-refractivity contribution in [1.29, 1.82) is 0 Å². The minimum atomic E-state index is -0.304. The van der Waals surface area contributed by atoms with Crippen molar-refractivity contribution in [2.24, 2.45) is 0 Å². The topological polar surface area (TPSA) is 59.6 Å². The molecule has 0 heterocycles. The lowest BCUT2D eigenvalue weighted by molar-refractivity contribution is 0.177. The van der Waals surface area contributed by atoms with Crippen LogP contribution in [-0.4, -0.2) is 27.0 Å². The summed E-state index contributed by atoms with van der Waals surface area (Å²) in [7, 11) is 3.10. The predicted octanol–water partition coefficient (Wildman–Crippen LogP) is 1.42. The number of amides is 2. The van der Waals surface area contributed by atoms with Gasteiger partial charge in [-0.3, -0.25) is 0 Å². The molecule has 15 heavy (non-hydrogen) atoms. The van der Waals surface area contributed by atoms with E-state index in [0.29, 0.717) is 5.69 Å². The summed E-state index contributed by atoms with van der Waals surface area (Å²) in [6, 6.07) is 6.75. The van der Waals surface area contributed by atoms with Crippen LogP contribution in [0.15, 0.2) is 24.3 Å². The van der Waals surface area contributed by atoms with E-state index in [-0.39, 0.29) is 12.8 Å². The number of carbonyl (C=O) groups is 1. The molecule has 0 unspecified atom stereocenters. The van der Waals surface area contributed by atoms with Crippen molar-refractivity contribution in [2.45, 2.75) is 0 Å². The summed E-state index contributed by atoms with van der Waals surface area (Å²) >= 11 is 0. The maximum atomic E-state index is 11.2. The van der Waals surface area contributed by atoms with Crippen LogP contribution >= 0.6 is 0 Å². The third-order valence-corrected chi connectivity index (χ3v) is 1.72. The highest BCUT2D eigenvalue weighted by molar-refractivity contribution is 5.89. The van der Waals surface area contributed by atoms with Crippen molar-refractivity contribution >= 4 is 11.7 Å². The van der Waals surface area contributed by atoms with E-state index in [9.17, 15) is 4.79 Å². The third kappa shape index (κ3) is 3.86. The highest BCUT2D eigenvalue weighted by Crippen LogP contribution is 2.14. The standard InChI is InChI=1S/C10H14N2O3/c1-14-7-11-10(13)12-8-3-5-9(15-2)6-4-8/h3-6H,7H2,1-2H3,(H2,11,12,13). The second-order valence-corrected chi connectivity index (χ2v) is 2.79. The molecule has 1 aromatic rings. The zero-order chi connectivity index (χ0) is 11.1. The summed E-state index contributed by atoms with van der Waals surface area (Å²) in [5.74, 6) is 0.748. The van der Waals surface area contributed by atoms with Gasteiger partial charge in [0.1, 0.15) is 12.5 Å². The van der Waals surface area contributed by atoms with Crippen LogP contribution in [0.4, 0.5) is 10.5 Å². The average molecular weight is 210 g/mol. The van der Waals surface area contributed by atoms with E-state index in [2.05, 4.69) is 10.6 Å². The molecule has 5 heteroatoms. The van der Waals surface area contributed by atoms with Gasteiger partial charge < -0.3 is 20.1 Å². The number of carbonyl (C=O) groups excluding carboxylic acids is 1. The molecule has 0 radical (unpaired) electrons. The van der Waals surface area contributed by atoms with Gasteiger partial charge in [-0.25, -0.2) is 4.79 Å². The molecule has 2 N–H and O–H groups in total. The highest BCUT2D eigenvalue weighted by atomic mass is 16.5. The summed E-state index contributed by atoms with van der Waals surface area (Å²) in [4.78, 5) is 11.2. The Labute approximate surface area is 88.4 Å². The second-order valence-electron chi connectivity index (χ2n) is 2.79. The van der Waals surface area contributed by atoms with Crippen LogP contribution in [0.2, 0.25) is 0 Å². The molecule has 0 aliphatic heterocycles. The lowest BCUT2D eigenvalue weighted by atomic mass is 10.3. The van der Waals surface area contributed by atoms with Gasteiger partial charge in [0.25, 0.3) is 0 Å².